The van der Waals surface area contributed by atoms with E-state index in [4.69, 9.17) is 9.47 Å². The third kappa shape index (κ3) is 3.73. The molecule has 1 amide bonds. The van der Waals surface area contributed by atoms with E-state index in [-0.39, 0.29) is 5.91 Å². The number of carbonyl (C=O) groups excluding carboxylic acids is 1. The molecule has 7 heteroatoms. The van der Waals surface area contributed by atoms with Gasteiger partial charge in [0.15, 0.2) is 17.3 Å². The summed E-state index contributed by atoms with van der Waals surface area (Å²) in [4.78, 5) is 21.7. The fourth-order valence-electron chi connectivity index (χ4n) is 3.12. The number of rotatable bonds is 6. The van der Waals surface area contributed by atoms with E-state index in [0.717, 1.165) is 5.69 Å². The van der Waals surface area contributed by atoms with E-state index in [1.165, 1.54) is 6.33 Å². The number of hydrogen-bond acceptors (Lipinski definition) is 6. The summed E-state index contributed by atoms with van der Waals surface area (Å²) in [5.74, 6) is 1.36. The first kappa shape index (κ1) is 19.2. The molecular formula is C23H20N4O3. The number of methoxy groups -OCH3 is 2. The maximum Gasteiger partial charge on any atom is 0.270 e. The Balaban J connectivity index is 1.85. The molecule has 0 aliphatic rings. The van der Waals surface area contributed by atoms with Crippen LogP contribution in [0.3, 0.4) is 0 Å². The van der Waals surface area contributed by atoms with E-state index in [2.05, 4.69) is 15.4 Å². The van der Waals surface area contributed by atoms with Gasteiger partial charge in [-0.2, -0.15) is 0 Å². The predicted molar refractivity (Wildman–Crippen MR) is 115 cm³/mol. The second-order valence-electron chi connectivity index (χ2n) is 6.40. The Morgan fingerprint density at radius 3 is 2.17 bits per heavy atom. The smallest absolute Gasteiger partial charge is 0.270 e. The molecule has 0 aliphatic heterocycles. The highest BCUT2D eigenvalue weighted by atomic mass is 16.5. The standard InChI is InChI=1S/C23H20N4O3/c1-29-20-13-18-19(14-21(20)30-2)24-15-25-22(18)27(17-11-7-4-8-12-17)26-23(28)16-9-5-3-6-10-16/h3-15H,1-2H3,(H,26,28). The third-order valence-corrected chi connectivity index (χ3v) is 4.60. The molecule has 0 saturated heterocycles. The van der Waals surface area contributed by atoms with Crippen LogP contribution in [-0.4, -0.2) is 30.1 Å². The molecule has 0 saturated carbocycles. The average molecular weight is 400 g/mol. The third-order valence-electron chi connectivity index (χ3n) is 4.60. The molecule has 4 aromatic rings. The van der Waals surface area contributed by atoms with E-state index in [9.17, 15) is 4.79 Å². The van der Waals surface area contributed by atoms with Gasteiger partial charge in [-0.25, -0.2) is 15.0 Å². The van der Waals surface area contributed by atoms with Crippen molar-refractivity contribution < 1.29 is 14.3 Å². The number of hydrogen-bond donors (Lipinski definition) is 1. The molecule has 4 rings (SSSR count). The molecule has 0 unspecified atom stereocenters. The van der Waals surface area contributed by atoms with Crippen LogP contribution in [0.5, 0.6) is 11.5 Å². The number of fused-ring (bicyclic) bond motifs is 1. The monoisotopic (exact) mass is 400 g/mol. The van der Waals surface area contributed by atoms with Gasteiger partial charge >= 0.3 is 0 Å². The number of amides is 1. The summed E-state index contributed by atoms with van der Waals surface area (Å²) in [6, 6.07) is 22.1. The van der Waals surface area contributed by atoms with Gasteiger partial charge in [-0.1, -0.05) is 36.4 Å². The summed E-state index contributed by atoms with van der Waals surface area (Å²) in [6.07, 6.45) is 1.45. The van der Waals surface area contributed by atoms with Gasteiger partial charge in [-0.3, -0.25) is 10.2 Å². The summed E-state index contributed by atoms with van der Waals surface area (Å²) in [7, 11) is 3.14. The predicted octanol–water partition coefficient (Wildman–Crippen LogP) is 4.13. The molecule has 0 radical (unpaired) electrons. The van der Waals surface area contributed by atoms with Crippen molar-refractivity contribution in [3.05, 3.63) is 84.7 Å². The maximum atomic E-state index is 12.9. The first-order chi connectivity index (χ1) is 14.7. The Morgan fingerprint density at radius 2 is 1.50 bits per heavy atom. The molecule has 1 heterocycles. The van der Waals surface area contributed by atoms with Crippen molar-refractivity contribution in [3.63, 3.8) is 0 Å². The lowest BCUT2D eigenvalue weighted by Gasteiger charge is -2.25. The number of ether oxygens (including phenoxy) is 2. The first-order valence-electron chi connectivity index (χ1n) is 9.29. The second-order valence-corrected chi connectivity index (χ2v) is 6.40. The Bertz CT molecular complexity index is 1170. The summed E-state index contributed by atoms with van der Waals surface area (Å²) in [6.45, 7) is 0. The molecule has 3 aromatic carbocycles. The van der Waals surface area contributed by atoms with Crippen LogP contribution in [0, 0.1) is 0 Å². The summed E-state index contributed by atoms with van der Waals surface area (Å²) >= 11 is 0. The van der Waals surface area contributed by atoms with Gasteiger partial charge in [-0.15, -0.1) is 0 Å². The number of nitrogens with one attached hydrogen (secondary N) is 1. The van der Waals surface area contributed by atoms with Crippen molar-refractivity contribution in [1.29, 1.82) is 0 Å². The van der Waals surface area contributed by atoms with Gasteiger partial charge in [0.1, 0.15) is 6.33 Å². The number of nitrogens with zero attached hydrogens (tertiary/aromatic N) is 3. The topological polar surface area (TPSA) is 76.6 Å². The van der Waals surface area contributed by atoms with E-state index < -0.39 is 0 Å². The van der Waals surface area contributed by atoms with Crippen LogP contribution in [0.15, 0.2) is 79.1 Å². The number of hydrazine groups is 1. The fourth-order valence-corrected chi connectivity index (χ4v) is 3.12. The van der Waals surface area contributed by atoms with Crippen molar-refractivity contribution >= 4 is 28.3 Å². The van der Waals surface area contributed by atoms with Gasteiger partial charge in [0.05, 0.1) is 25.4 Å². The summed E-state index contributed by atoms with van der Waals surface area (Å²) < 4.78 is 10.8. The zero-order valence-corrected chi connectivity index (χ0v) is 16.6. The largest absolute Gasteiger partial charge is 0.493 e. The fraction of sp³-hybridized carbons (Fsp3) is 0.0870. The van der Waals surface area contributed by atoms with Gasteiger partial charge in [-0.05, 0) is 30.3 Å². The lowest BCUT2D eigenvalue weighted by Crippen LogP contribution is -2.39. The molecule has 0 bridgehead atoms. The highest BCUT2D eigenvalue weighted by Gasteiger charge is 2.20. The Labute approximate surface area is 173 Å². The van der Waals surface area contributed by atoms with Crippen LogP contribution in [0.1, 0.15) is 10.4 Å². The van der Waals surface area contributed by atoms with E-state index >= 15 is 0 Å². The van der Waals surface area contributed by atoms with E-state index in [0.29, 0.717) is 33.8 Å². The summed E-state index contributed by atoms with van der Waals surface area (Å²) in [5.41, 5.74) is 4.90. The van der Waals surface area contributed by atoms with Gasteiger partial charge in [0.2, 0.25) is 0 Å². The highest BCUT2D eigenvalue weighted by molar-refractivity contribution is 5.99. The van der Waals surface area contributed by atoms with Gasteiger partial charge < -0.3 is 9.47 Å². The van der Waals surface area contributed by atoms with E-state index in [1.807, 2.05) is 48.5 Å². The minimum atomic E-state index is -0.258. The van der Waals surface area contributed by atoms with Crippen LogP contribution in [0.2, 0.25) is 0 Å². The second kappa shape index (κ2) is 8.48. The molecule has 1 aromatic heterocycles. The van der Waals surface area contributed by atoms with Crippen molar-refractivity contribution in [2.75, 3.05) is 19.2 Å². The molecule has 150 valence electrons. The lowest BCUT2D eigenvalue weighted by molar-refractivity contribution is 0.0953. The van der Waals surface area contributed by atoms with Gasteiger partial charge in [0, 0.05) is 17.0 Å². The number of para-hydroxylation sites is 1. The molecule has 1 N–H and O–H groups in total. The normalized spacial score (nSPS) is 10.5. The Kier molecular flexibility index (Phi) is 5.43. The van der Waals surface area contributed by atoms with Crippen molar-refractivity contribution in [2.24, 2.45) is 0 Å². The van der Waals surface area contributed by atoms with Crippen LogP contribution in [0.25, 0.3) is 10.9 Å². The zero-order valence-electron chi connectivity index (χ0n) is 16.6. The molecule has 0 aliphatic carbocycles. The van der Waals surface area contributed by atoms with Crippen molar-refractivity contribution in [2.45, 2.75) is 0 Å². The highest BCUT2D eigenvalue weighted by Crippen LogP contribution is 2.36. The minimum Gasteiger partial charge on any atom is -0.493 e. The molecule has 7 nitrogen and oxygen atoms in total. The van der Waals surface area contributed by atoms with Crippen LogP contribution < -0.4 is 19.9 Å². The van der Waals surface area contributed by atoms with Crippen molar-refractivity contribution in [3.8, 4) is 11.5 Å². The number of carbonyl (C=O) groups is 1. The molecular weight excluding hydrogens is 380 g/mol. The Morgan fingerprint density at radius 1 is 0.867 bits per heavy atom. The van der Waals surface area contributed by atoms with Crippen LogP contribution >= 0.6 is 0 Å². The van der Waals surface area contributed by atoms with Gasteiger partial charge in [0.25, 0.3) is 5.91 Å². The number of benzene rings is 3. The van der Waals surface area contributed by atoms with Crippen LogP contribution in [-0.2, 0) is 0 Å². The lowest BCUT2D eigenvalue weighted by atomic mass is 10.2. The first-order valence-corrected chi connectivity index (χ1v) is 9.29. The maximum absolute atomic E-state index is 12.9. The molecule has 30 heavy (non-hydrogen) atoms. The minimum absolute atomic E-state index is 0.258. The SMILES string of the molecule is COc1cc2ncnc(N(NC(=O)c3ccccc3)c3ccccc3)c2cc1OC. The van der Waals surface area contributed by atoms with Crippen molar-refractivity contribution in [1.82, 2.24) is 15.4 Å². The quantitative estimate of drug-likeness (QED) is 0.491. The summed E-state index contributed by atoms with van der Waals surface area (Å²) in [5, 5.41) is 2.35. The van der Waals surface area contributed by atoms with E-state index in [1.54, 1.807) is 43.5 Å². The number of anilines is 2. The average Bonchev–Trinajstić information content (AvgIpc) is 2.82. The molecule has 0 spiro atoms. The number of aromatic nitrogens is 2. The van der Waals surface area contributed by atoms with Crippen LogP contribution in [0.4, 0.5) is 11.5 Å². The zero-order chi connectivity index (χ0) is 20.9. The molecule has 0 atom stereocenters. The molecule has 0 fully saturated rings. The Hall–Kier alpha value is -4.13.